The number of nitrogens with zero attached hydrogens (tertiary/aromatic N) is 2. The van der Waals surface area contributed by atoms with Crippen molar-refractivity contribution in [2.75, 3.05) is 11.4 Å². The monoisotopic (exact) mass is 472 g/mol. The lowest BCUT2D eigenvalue weighted by Crippen LogP contribution is -2.45. The smallest absolute Gasteiger partial charge is 0.225 e. The summed E-state index contributed by atoms with van der Waals surface area (Å²) in [5.41, 5.74) is 2.53. The first kappa shape index (κ1) is 22.8. The van der Waals surface area contributed by atoms with Crippen molar-refractivity contribution in [2.24, 2.45) is 0 Å². The van der Waals surface area contributed by atoms with E-state index in [4.69, 9.17) is 9.47 Å². The molecule has 0 N–H and O–H groups in total. The van der Waals surface area contributed by atoms with Crippen molar-refractivity contribution in [3.05, 3.63) is 108 Å². The maximum absolute atomic E-state index is 15.3. The van der Waals surface area contributed by atoms with Crippen LogP contribution in [0.4, 0.5) is 14.5 Å². The lowest BCUT2D eigenvalue weighted by Gasteiger charge is -2.40. The van der Waals surface area contributed by atoms with Crippen LogP contribution < -0.4 is 14.4 Å². The molecule has 5 rings (SSSR count). The molecule has 0 amide bonds. The Morgan fingerprint density at radius 1 is 0.829 bits per heavy atom. The number of hydrogen-bond acceptors (Lipinski definition) is 4. The van der Waals surface area contributed by atoms with Crippen LogP contribution in [0.15, 0.2) is 84.9 Å². The van der Waals surface area contributed by atoms with Gasteiger partial charge in [0.25, 0.3) is 0 Å². The Labute approximate surface area is 203 Å². The Morgan fingerprint density at radius 2 is 1.43 bits per heavy atom. The van der Waals surface area contributed by atoms with Crippen molar-refractivity contribution in [1.29, 1.82) is 0 Å². The van der Waals surface area contributed by atoms with Gasteiger partial charge in [0.05, 0.1) is 11.1 Å². The first-order chi connectivity index (χ1) is 17.1. The number of halogens is 2. The van der Waals surface area contributed by atoms with E-state index in [1.165, 1.54) is 12.1 Å². The van der Waals surface area contributed by atoms with Gasteiger partial charge in [-0.05, 0) is 42.7 Å². The zero-order valence-electron chi connectivity index (χ0n) is 19.5. The van der Waals surface area contributed by atoms with Crippen LogP contribution >= 0.6 is 0 Å². The molecular formula is C29H26F2N2O2. The molecule has 0 saturated carbocycles. The van der Waals surface area contributed by atoms with Crippen molar-refractivity contribution in [3.63, 3.8) is 0 Å². The summed E-state index contributed by atoms with van der Waals surface area (Å²) in [4.78, 5) is 6.46. The lowest BCUT2D eigenvalue weighted by atomic mass is 10.0. The first-order valence-corrected chi connectivity index (χ1v) is 11.7. The van der Waals surface area contributed by atoms with Gasteiger partial charge < -0.3 is 14.4 Å². The van der Waals surface area contributed by atoms with E-state index in [0.717, 1.165) is 24.1 Å². The normalized spacial score (nSPS) is 14.9. The summed E-state index contributed by atoms with van der Waals surface area (Å²) in [6, 6.07) is 25.5. The molecule has 0 spiro atoms. The third kappa shape index (κ3) is 5.11. The third-order valence-corrected chi connectivity index (χ3v) is 6.23. The molecule has 1 unspecified atom stereocenters. The van der Waals surface area contributed by atoms with Crippen LogP contribution in [0.3, 0.4) is 0 Å². The average molecular weight is 473 g/mol. The SMILES string of the molecule is CC1CCN1c1cc(F)c(-c2ccc(OCc3ccccc3)nc2OCc2ccccc2)c(F)c1. The molecule has 1 fully saturated rings. The summed E-state index contributed by atoms with van der Waals surface area (Å²) in [5, 5.41) is 0. The summed E-state index contributed by atoms with van der Waals surface area (Å²) < 4.78 is 42.4. The highest BCUT2D eigenvalue weighted by Crippen LogP contribution is 2.38. The number of aromatic nitrogens is 1. The van der Waals surface area contributed by atoms with E-state index in [9.17, 15) is 0 Å². The fourth-order valence-corrected chi connectivity index (χ4v) is 4.14. The van der Waals surface area contributed by atoms with Gasteiger partial charge in [0.15, 0.2) is 0 Å². The molecule has 4 nitrogen and oxygen atoms in total. The van der Waals surface area contributed by atoms with Crippen molar-refractivity contribution < 1.29 is 18.3 Å². The number of rotatable bonds is 8. The number of pyridine rings is 1. The fraction of sp³-hybridized carbons (Fsp3) is 0.207. The summed E-state index contributed by atoms with van der Waals surface area (Å²) in [5.74, 6) is -0.874. The first-order valence-electron chi connectivity index (χ1n) is 11.7. The van der Waals surface area contributed by atoms with Crippen LogP contribution in [0, 0.1) is 11.6 Å². The van der Waals surface area contributed by atoms with Crippen LogP contribution in [0.5, 0.6) is 11.8 Å². The van der Waals surface area contributed by atoms with Gasteiger partial charge >= 0.3 is 0 Å². The van der Waals surface area contributed by atoms with Crippen molar-refractivity contribution >= 4 is 5.69 Å². The van der Waals surface area contributed by atoms with E-state index in [-0.39, 0.29) is 29.7 Å². The number of hydrogen-bond donors (Lipinski definition) is 0. The molecule has 1 aromatic heterocycles. The minimum Gasteiger partial charge on any atom is -0.473 e. The lowest BCUT2D eigenvalue weighted by molar-refractivity contribution is 0.268. The van der Waals surface area contributed by atoms with Gasteiger partial charge in [-0.15, -0.1) is 0 Å². The van der Waals surface area contributed by atoms with Crippen molar-refractivity contribution in [3.8, 4) is 22.9 Å². The van der Waals surface area contributed by atoms with Crippen LogP contribution in [0.25, 0.3) is 11.1 Å². The molecule has 35 heavy (non-hydrogen) atoms. The van der Waals surface area contributed by atoms with Gasteiger partial charge in [-0.1, -0.05) is 60.7 Å². The second-order valence-electron chi connectivity index (χ2n) is 8.67. The highest BCUT2D eigenvalue weighted by atomic mass is 19.1. The summed E-state index contributed by atoms with van der Waals surface area (Å²) in [7, 11) is 0. The second kappa shape index (κ2) is 10.1. The quantitative estimate of drug-likeness (QED) is 0.283. The zero-order valence-corrected chi connectivity index (χ0v) is 19.5. The molecule has 1 aliphatic rings. The Hall–Kier alpha value is -3.93. The minimum atomic E-state index is -0.650. The summed E-state index contributed by atoms with van der Waals surface area (Å²) in [6.07, 6.45) is 1.01. The predicted octanol–water partition coefficient (Wildman–Crippen LogP) is 6.78. The van der Waals surface area contributed by atoms with Gasteiger partial charge in [-0.3, -0.25) is 0 Å². The highest BCUT2D eigenvalue weighted by molar-refractivity contribution is 5.72. The van der Waals surface area contributed by atoms with Gasteiger partial charge in [-0.2, -0.15) is 4.98 Å². The summed E-state index contributed by atoms with van der Waals surface area (Å²) >= 11 is 0. The number of benzene rings is 3. The molecule has 0 bridgehead atoms. The van der Waals surface area contributed by atoms with Crippen LogP contribution in [-0.4, -0.2) is 17.6 Å². The highest BCUT2D eigenvalue weighted by Gasteiger charge is 2.27. The maximum atomic E-state index is 15.3. The topological polar surface area (TPSA) is 34.6 Å². The number of ether oxygens (including phenoxy) is 2. The Balaban J connectivity index is 1.46. The van der Waals surface area contributed by atoms with E-state index in [0.29, 0.717) is 18.2 Å². The average Bonchev–Trinajstić information content (AvgIpc) is 2.87. The molecule has 1 saturated heterocycles. The molecular weight excluding hydrogens is 446 g/mol. The van der Waals surface area contributed by atoms with E-state index in [1.54, 1.807) is 12.1 Å². The summed E-state index contributed by atoms with van der Waals surface area (Å²) in [6.45, 7) is 3.35. The van der Waals surface area contributed by atoms with E-state index < -0.39 is 11.6 Å². The molecule has 6 heteroatoms. The van der Waals surface area contributed by atoms with Gasteiger partial charge in [0.1, 0.15) is 24.8 Å². The largest absolute Gasteiger partial charge is 0.473 e. The molecule has 178 valence electrons. The van der Waals surface area contributed by atoms with Crippen LogP contribution in [0.1, 0.15) is 24.5 Å². The molecule has 0 aliphatic carbocycles. The molecule has 1 atom stereocenters. The Kier molecular flexibility index (Phi) is 6.62. The molecule has 0 radical (unpaired) electrons. The molecule has 1 aliphatic heterocycles. The molecule has 3 aromatic carbocycles. The van der Waals surface area contributed by atoms with Gasteiger partial charge in [0.2, 0.25) is 11.8 Å². The standard InChI is InChI=1S/C29H26F2N2O2/c1-20-14-15-33(20)23-16-25(30)28(26(31)17-23)24-12-13-27(34-18-21-8-4-2-5-9-21)32-29(24)35-19-22-10-6-3-7-11-22/h2-13,16-17,20H,14-15,18-19H2,1H3. The number of anilines is 1. The fourth-order valence-electron chi connectivity index (χ4n) is 4.14. The van der Waals surface area contributed by atoms with E-state index >= 15 is 8.78 Å². The van der Waals surface area contributed by atoms with Gasteiger partial charge in [0, 0.05) is 24.3 Å². The predicted molar refractivity (Wildman–Crippen MR) is 133 cm³/mol. The van der Waals surface area contributed by atoms with Crippen molar-refractivity contribution in [1.82, 2.24) is 4.98 Å². The third-order valence-electron chi connectivity index (χ3n) is 6.23. The Bertz CT molecular complexity index is 1280. The van der Waals surface area contributed by atoms with Crippen LogP contribution in [-0.2, 0) is 13.2 Å². The molecule has 4 aromatic rings. The zero-order chi connectivity index (χ0) is 24.2. The Morgan fingerprint density at radius 3 is 1.97 bits per heavy atom. The minimum absolute atomic E-state index is 0.113. The van der Waals surface area contributed by atoms with E-state index in [1.807, 2.05) is 72.5 Å². The molecule has 2 heterocycles. The van der Waals surface area contributed by atoms with Crippen molar-refractivity contribution in [2.45, 2.75) is 32.6 Å². The van der Waals surface area contributed by atoms with E-state index in [2.05, 4.69) is 4.98 Å². The van der Waals surface area contributed by atoms with Crippen LogP contribution in [0.2, 0.25) is 0 Å². The van der Waals surface area contributed by atoms with Gasteiger partial charge in [-0.25, -0.2) is 8.78 Å². The second-order valence-corrected chi connectivity index (χ2v) is 8.67. The maximum Gasteiger partial charge on any atom is 0.225 e.